The maximum atomic E-state index is 13.0. The van der Waals surface area contributed by atoms with Crippen LogP contribution >= 0.6 is 0 Å². The Morgan fingerprint density at radius 3 is 2.42 bits per heavy atom. The van der Waals surface area contributed by atoms with Gasteiger partial charge in [-0.15, -0.1) is 0 Å². The maximum absolute atomic E-state index is 13.0. The highest BCUT2D eigenvalue weighted by Crippen LogP contribution is 2.31. The Bertz CT molecular complexity index is 900. The zero-order valence-corrected chi connectivity index (χ0v) is 19.6. The summed E-state index contributed by atoms with van der Waals surface area (Å²) in [4.78, 5) is 30.5. The molecule has 0 radical (unpaired) electrons. The van der Waals surface area contributed by atoms with Gasteiger partial charge in [0.2, 0.25) is 0 Å². The molecule has 1 aromatic carbocycles. The van der Waals surface area contributed by atoms with E-state index in [2.05, 4.69) is 29.0 Å². The van der Waals surface area contributed by atoms with Crippen molar-refractivity contribution in [1.82, 2.24) is 9.88 Å². The largest absolute Gasteiger partial charge is 0.493 e. The van der Waals surface area contributed by atoms with Gasteiger partial charge >= 0.3 is 0 Å². The van der Waals surface area contributed by atoms with Gasteiger partial charge in [-0.05, 0) is 51.1 Å². The first-order chi connectivity index (χ1) is 14.9. The predicted octanol–water partition coefficient (Wildman–Crippen LogP) is 4.46. The van der Waals surface area contributed by atoms with Crippen LogP contribution in [0.15, 0.2) is 18.2 Å². The molecule has 170 valence electrons. The van der Waals surface area contributed by atoms with Crippen LogP contribution in [0.1, 0.15) is 66.2 Å². The number of anilines is 1. The number of methoxy groups -OCH3 is 1. The molecular formula is C24H35N3O4. The van der Waals surface area contributed by atoms with E-state index in [0.717, 1.165) is 37.3 Å². The molecule has 0 bridgehead atoms. The van der Waals surface area contributed by atoms with E-state index >= 15 is 0 Å². The Balaban J connectivity index is 2.22. The zero-order chi connectivity index (χ0) is 23.0. The number of nitrogens with one attached hydrogen (secondary N) is 2. The van der Waals surface area contributed by atoms with Crippen LogP contribution in [0, 0.1) is 6.92 Å². The SMILES string of the molecule is CCCc1c(C(=O)Nc2ccc(OC)c(OCCN(CC)CC)c2)[nH]c(C)c1C(C)=O. The molecule has 0 atom stereocenters. The molecule has 0 unspecified atom stereocenters. The summed E-state index contributed by atoms with van der Waals surface area (Å²) < 4.78 is 11.3. The first-order valence-corrected chi connectivity index (χ1v) is 10.9. The van der Waals surface area contributed by atoms with Crippen molar-refractivity contribution in [2.24, 2.45) is 0 Å². The molecule has 1 heterocycles. The van der Waals surface area contributed by atoms with Crippen LogP contribution in [0.5, 0.6) is 11.5 Å². The number of aromatic nitrogens is 1. The molecular weight excluding hydrogens is 394 g/mol. The van der Waals surface area contributed by atoms with Crippen LogP contribution in [0.3, 0.4) is 0 Å². The molecule has 0 aliphatic rings. The highest BCUT2D eigenvalue weighted by Gasteiger charge is 2.22. The molecule has 0 spiro atoms. The van der Waals surface area contributed by atoms with Crippen molar-refractivity contribution in [2.75, 3.05) is 38.7 Å². The second-order valence-electron chi connectivity index (χ2n) is 7.48. The highest BCUT2D eigenvalue weighted by molar-refractivity contribution is 6.07. The van der Waals surface area contributed by atoms with Gasteiger partial charge in [0, 0.05) is 29.6 Å². The number of aromatic amines is 1. The number of carbonyl (C=O) groups excluding carboxylic acids is 2. The normalized spacial score (nSPS) is 10.9. The number of H-pyrrole nitrogens is 1. The third-order valence-corrected chi connectivity index (χ3v) is 5.35. The number of hydrogen-bond donors (Lipinski definition) is 2. The Hall–Kier alpha value is -2.80. The van der Waals surface area contributed by atoms with Gasteiger partial charge < -0.3 is 24.7 Å². The van der Waals surface area contributed by atoms with E-state index in [-0.39, 0.29) is 11.7 Å². The lowest BCUT2D eigenvalue weighted by atomic mass is 10.0. The first kappa shape index (κ1) is 24.5. The maximum Gasteiger partial charge on any atom is 0.272 e. The molecule has 31 heavy (non-hydrogen) atoms. The third-order valence-electron chi connectivity index (χ3n) is 5.35. The summed E-state index contributed by atoms with van der Waals surface area (Å²) in [5, 5.41) is 2.92. The Morgan fingerprint density at radius 2 is 1.84 bits per heavy atom. The zero-order valence-electron chi connectivity index (χ0n) is 19.6. The van der Waals surface area contributed by atoms with Crippen molar-refractivity contribution < 1.29 is 19.1 Å². The van der Waals surface area contributed by atoms with E-state index in [4.69, 9.17) is 9.47 Å². The Morgan fingerprint density at radius 1 is 1.13 bits per heavy atom. The number of Topliss-reactive ketones (excluding diaryl/α,β-unsaturated/α-hetero) is 1. The van der Waals surface area contributed by atoms with E-state index in [1.165, 1.54) is 6.92 Å². The molecule has 7 nitrogen and oxygen atoms in total. The molecule has 0 fully saturated rings. The summed E-state index contributed by atoms with van der Waals surface area (Å²) in [5.41, 5.74) is 3.14. The summed E-state index contributed by atoms with van der Waals surface area (Å²) in [6.45, 7) is 12.9. The molecule has 0 saturated heterocycles. The van der Waals surface area contributed by atoms with Crippen molar-refractivity contribution in [3.05, 3.63) is 40.7 Å². The lowest BCUT2D eigenvalue weighted by molar-refractivity contribution is 0.101. The molecule has 2 aromatic rings. The summed E-state index contributed by atoms with van der Waals surface area (Å²) >= 11 is 0. The van der Waals surface area contributed by atoms with Gasteiger partial charge in [-0.3, -0.25) is 9.59 Å². The number of ketones is 1. The number of hydrogen-bond acceptors (Lipinski definition) is 5. The third kappa shape index (κ3) is 6.10. The van der Waals surface area contributed by atoms with E-state index in [9.17, 15) is 9.59 Å². The summed E-state index contributed by atoms with van der Waals surface area (Å²) in [5.74, 6) is 0.870. The molecule has 7 heteroatoms. The number of nitrogens with zero attached hydrogens (tertiary/aromatic N) is 1. The molecule has 0 aliphatic carbocycles. The monoisotopic (exact) mass is 429 g/mol. The van der Waals surface area contributed by atoms with Crippen LogP contribution in [-0.2, 0) is 6.42 Å². The van der Waals surface area contributed by atoms with Crippen LogP contribution in [0.2, 0.25) is 0 Å². The standard InChI is InChI=1S/C24H35N3O4/c1-7-10-19-22(17(5)28)16(4)25-23(19)24(29)26-18-11-12-20(30-6)21(15-18)31-14-13-27(8-2)9-3/h11-12,15,25H,7-10,13-14H2,1-6H3,(H,26,29). The van der Waals surface area contributed by atoms with Crippen LogP contribution in [0.4, 0.5) is 5.69 Å². The molecule has 2 rings (SSSR count). The number of carbonyl (C=O) groups is 2. The van der Waals surface area contributed by atoms with Gasteiger partial charge in [0.15, 0.2) is 17.3 Å². The van der Waals surface area contributed by atoms with Gasteiger partial charge in [-0.25, -0.2) is 0 Å². The molecule has 0 saturated carbocycles. The fourth-order valence-corrected chi connectivity index (χ4v) is 3.73. The number of likely N-dealkylation sites (N-methyl/N-ethyl adjacent to an activating group) is 1. The van der Waals surface area contributed by atoms with Crippen molar-refractivity contribution >= 4 is 17.4 Å². The summed E-state index contributed by atoms with van der Waals surface area (Å²) in [7, 11) is 1.59. The number of benzene rings is 1. The molecule has 2 N–H and O–H groups in total. The second kappa shape index (κ2) is 11.6. The van der Waals surface area contributed by atoms with Crippen LogP contribution in [0.25, 0.3) is 0 Å². The van der Waals surface area contributed by atoms with Crippen molar-refractivity contribution in [3.8, 4) is 11.5 Å². The van der Waals surface area contributed by atoms with Gasteiger partial charge in [-0.2, -0.15) is 0 Å². The number of amides is 1. The molecule has 0 aliphatic heterocycles. The Labute approximate surface area is 185 Å². The quantitative estimate of drug-likeness (QED) is 0.487. The fourth-order valence-electron chi connectivity index (χ4n) is 3.73. The number of rotatable bonds is 12. The minimum Gasteiger partial charge on any atom is -0.493 e. The van der Waals surface area contributed by atoms with Crippen LogP contribution in [-0.4, -0.2) is 54.9 Å². The van der Waals surface area contributed by atoms with Gasteiger partial charge in [0.05, 0.1) is 7.11 Å². The van der Waals surface area contributed by atoms with Crippen molar-refractivity contribution in [3.63, 3.8) is 0 Å². The average molecular weight is 430 g/mol. The van der Waals surface area contributed by atoms with Crippen molar-refractivity contribution in [2.45, 2.75) is 47.5 Å². The molecule has 1 aromatic heterocycles. The lowest BCUT2D eigenvalue weighted by Gasteiger charge is -2.19. The van der Waals surface area contributed by atoms with E-state index < -0.39 is 0 Å². The summed E-state index contributed by atoms with van der Waals surface area (Å²) in [6.07, 6.45) is 1.50. The second-order valence-corrected chi connectivity index (χ2v) is 7.48. The first-order valence-electron chi connectivity index (χ1n) is 10.9. The topological polar surface area (TPSA) is 83.7 Å². The van der Waals surface area contributed by atoms with E-state index in [0.29, 0.717) is 41.5 Å². The summed E-state index contributed by atoms with van der Waals surface area (Å²) in [6, 6.07) is 5.31. The minimum absolute atomic E-state index is 0.0374. The molecule has 1 amide bonds. The number of aryl methyl sites for hydroxylation is 1. The van der Waals surface area contributed by atoms with Gasteiger partial charge in [0.25, 0.3) is 5.91 Å². The number of ether oxygens (including phenoxy) is 2. The minimum atomic E-state index is -0.279. The lowest BCUT2D eigenvalue weighted by Crippen LogP contribution is -2.28. The van der Waals surface area contributed by atoms with Crippen LogP contribution < -0.4 is 14.8 Å². The van der Waals surface area contributed by atoms with E-state index in [1.807, 2.05) is 13.8 Å². The highest BCUT2D eigenvalue weighted by atomic mass is 16.5. The predicted molar refractivity (Wildman–Crippen MR) is 124 cm³/mol. The fraction of sp³-hybridized carbons (Fsp3) is 0.500. The Kier molecular flexibility index (Phi) is 9.12. The average Bonchev–Trinajstić information content (AvgIpc) is 3.08. The smallest absolute Gasteiger partial charge is 0.272 e. The van der Waals surface area contributed by atoms with E-state index in [1.54, 1.807) is 25.3 Å². The van der Waals surface area contributed by atoms with Gasteiger partial charge in [-0.1, -0.05) is 27.2 Å². The van der Waals surface area contributed by atoms with Crippen molar-refractivity contribution in [1.29, 1.82) is 0 Å². The van der Waals surface area contributed by atoms with Gasteiger partial charge in [0.1, 0.15) is 12.3 Å².